The molecule has 2 N–H and O–H groups in total. The summed E-state index contributed by atoms with van der Waals surface area (Å²) in [6.07, 6.45) is 1.34. The van der Waals surface area contributed by atoms with Crippen LogP contribution < -0.4 is 15.4 Å². The van der Waals surface area contributed by atoms with Crippen molar-refractivity contribution in [1.29, 1.82) is 5.26 Å². The molecule has 0 bridgehead atoms. The van der Waals surface area contributed by atoms with Gasteiger partial charge >= 0.3 is 0 Å². The second-order valence-electron chi connectivity index (χ2n) is 4.93. The van der Waals surface area contributed by atoms with Gasteiger partial charge in [0, 0.05) is 17.6 Å². The first kappa shape index (κ1) is 17.4. The van der Waals surface area contributed by atoms with Crippen molar-refractivity contribution in [3.63, 3.8) is 0 Å². The average molecular weight is 342 g/mol. The van der Waals surface area contributed by atoms with Gasteiger partial charge in [0.15, 0.2) is 0 Å². The molecule has 0 unspecified atom stereocenters. The minimum absolute atomic E-state index is 0.0507. The molecule has 0 fully saturated rings. The van der Waals surface area contributed by atoms with Crippen molar-refractivity contribution < 1.29 is 9.53 Å². The van der Waals surface area contributed by atoms with Gasteiger partial charge in [0.05, 0.1) is 12.1 Å². The lowest BCUT2D eigenvalue weighted by Gasteiger charge is -2.08. The number of nitriles is 1. The van der Waals surface area contributed by atoms with E-state index in [0.29, 0.717) is 22.1 Å². The van der Waals surface area contributed by atoms with E-state index in [1.165, 1.54) is 13.3 Å². The zero-order valence-corrected chi connectivity index (χ0v) is 14.0. The molecule has 24 heavy (non-hydrogen) atoms. The fourth-order valence-electron chi connectivity index (χ4n) is 1.96. The second-order valence-corrected chi connectivity index (χ2v) is 5.34. The summed E-state index contributed by atoms with van der Waals surface area (Å²) in [6, 6.07) is 14.3. The Labute approximate surface area is 145 Å². The number of methoxy groups -OCH3 is 1. The van der Waals surface area contributed by atoms with Crippen LogP contribution in [0.1, 0.15) is 5.56 Å². The lowest BCUT2D eigenvalue weighted by Crippen LogP contribution is -2.15. The van der Waals surface area contributed by atoms with Gasteiger partial charge in [-0.15, -0.1) is 0 Å². The van der Waals surface area contributed by atoms with Crippen LogP contribution in [0.2, 0.25) is 5.02 Å². The largest absolute Gasteiger partial charge is 0.495 e. The third-order valence-electron chi connectivity index (χ3n) is 3.29. The molecule has 0 spiro atoms. The van der Waals surface area contributed by atoms with Gasteiger partial charge in [-0.25, -0.2) is 0 Å². The summed E-state index contributed by atoms with van der Waals surface area (Å²) in [6.45, 7) is 1.88. The number of rotatable bonds is 5. The predicted octanol–water partition coefficient (Wildman–Crippen LogP) is 4.12. The fourth-order valence-corrected chi connectivity index (χ4v) is 2.22. The van der Waals surface area contributed by atoms with E-state index in [0.717, 1.165) is 5.56 Å². The van der Waals surface area contributed by atoms with Crippen LogP contribution in [0.5, 0.6) is 5.75 Å². The highest BCUT2D eigenvalue weighted by molar-refractivity contribution is 6.32. The molecule has 0 heterocycles. The van der Waals surface area contributed by atoms with Gasteiger partial charge in [0.2, 0.25) is 0 Å². The lowest BCUT2D eigenvalue weighted by atomic mass is 10.2. The minimum Gasteiger partial charge on any atom is -0.495 e. The molecule has 0 saturated heterocycles. The van der Waals surface area contributed by atoms with E-state index in [9.17, 15) is 10.1 Å². The molecule has 1 amide bonds. The second kappa shape index (κ2) is 8.04. The van der Waals surface area contributed by atoms with Crippen LogP contribution in [0.15, 0.2) is 54.2 Å². The third kappa shape index (κ3) is 4.28. The number of amides is 1. The summed E-state index contributed by atoms with van der Waals surface area (Å²) in [5.41, 5.74) is 2.16. The summed E-state index contributed by atoms with van der Waals surface area (Å²) < 4.78 is 5.07. The highest BCUT2D eigenvalue weighted by atomic mass is 35.5. The summed E-state index contributed by atoms with van der Waals surface area (Å²) in [4.78, 5) is 12.2. The number of halogens is 1. The van der Waals surface area contributed by atoms with Gasteiger partial charge in [-0.2, -0.15) is 5.26 Å². The number of carbonyl (C=O) groups excluding carboxylic acids is 1. The van der Waals surface area contributed by atoms with Crippen molar-refractivity contribution >= 4 is 28.9 Å². The molecule has 0 saturated carbocycles. The van der Waals surface area contributed by atoms with Gasteiger partial charge in [0.25, 0.3) is 5.91 Å². The van der Waals surface area contributed by atoms with Crippen molar-refractivity contribution in [3.8, 4) is 11.8 Å². The van der Waals surface area contributed by atoms with E-state index in [1.54, 1.807) is 24.3 Å². The molecule has 2 aromatic rings. The van der Waals surface area contributed by atoms with Gasteiger partial charge in [-0.05, 0) is 36.8 Å². The van der Waals surface area contributed by atoms with E-state index in [2.05, 4.69) is 10.6 Å². The number of hydrogen-bond acceptors (Lipinski definition) is 4. The standard InChI is InChI=1S/C18H16ClN3O2/c1-12-5-3-4-6-16(12)22-18(23)13(10-20)11-21-14-7-8-17(24-2)15(19)9-14/h3-9,11,21H,1-2H3,(H,22,23)/b13-11-. The number of para-hydroxylation sites is 1. The molecular formula is C18H16ClN3O2. The van der Waals surface area contributed by atoms with Crippen LogP contribution in [0.25, 0.3) is 0 Å². The molecule has 2 aromatic carbocycles. The minimum atomic E-state index is -0.487. The number of hydrogen-bond donors (Lipinski definition) is 2. The quantitative estimate of drug-likeness (QED) is 0.634. The molecule has 0 atom stereocenters. The molecular weight excluding hydrogens is 326 g/mol. The molecule has 0 aliphatic rings. The third-order valence-corrected chi connectivity index (χ3v) is 3.59. The Hall–Kier alpha value is -2.97. The summed E-state index contributed by atoms with van der Waals surface area (Å²) in [5, 5.41) is 15.2. The van der Waals surface area contributed by atoms with Crippen LogP contribution >= 0.6 is 11.6 Å². The maximum absolute atomic E-state index is 12.2. The normalized spacial score (nSPS) is 10.7. The van der Waals surface area contributed by atoms with E-state index in [1.807, 2.05) is 31.2 Å². The number of carbonyl (C=O) groups is 1. The molecule has 0 aliphatic carbocycles. The van der Waals surface area contributed by atoms with Crippen molar-refractivity contribution in [1.82, 2.24) is 0 Å². The summed E-state index contributed by atoms with van der Waals surface area (Å²) in [5.74, 6) is 0.0582. The number of ether oxygens (including phenoxy) is 1. The van der Waals surface area contributed by atoms with Gasteiger partial charge < -0.3 is 15.4 Å². The topological polar surface area (TPSA) is 74.1 Å². The zero-order chi connectivity index (χ0) is 17.5. The van der Waals surface area contributed by atoms with Crippen LogP contribution in [-0.4, -0.2) is 13.0 Å². The lowest BCUT2D eigenvalue weighted by molar-refractivity contribution is -0.112. The summed E-state index contributed by atoms with van der Waals surface area (Å²) >= 11 is 6.04. The van der Waals surface area contributed by atoms with Crippen molar-refractivity contribution in [2.45, 2.75) is 6.92 Å². The Bertz CT molecular complexity index is 825. The molecule has 5 nitrogen and oxygen atoms in total. The Morgan fingerprint density at radius 3 is 2.67 bits per heavy atom. The maximum atomic E-state index is 12.2. The summed E-state index contributed by atoms with van der Waals surface area (Å²) in [7, 11) is 1.53. The number of benzene rings is 2. The molecule has 6 heteroatoms. The number of aryl methyl sites for hydroxylation is 1. The fraction of sp³-hybridized carbons (Fsp3) is 0.111. The number of anilines is 2. The van der Waals surface area contributed by atoms with Crippen LogP contribution in [0.4, 0.5) is 11.4 Å². The zero-order valence-electron chi connectivity index (χ0n) is 13.3. The average Bonchev–Trinajstić information content (AvgIpc) is 2.57. The van der Waals surface area contributed by atoms with E-state index in [-0.39, 0.29) is 5.57 Å². The monoisotopic (exact) mass is 341 g/mol. The van der Waals surface area contributed by atoms with Crippen molar-refractivity contribution in [2.24, 2.45) is 0 Å². The van der Waals surface area contributed by atoms with E-state index in [4.69, 9.17) is 16.3 Å². The Morgan fingerprint density at radius 1 is 1.29 bits per heavy atom. The van der Waals surface area contributed by atoms with Gasteiger partial charge in [-0.1, -0.05) is 29.8 Å². The van der Waals surface area contributed by atoms with Crippen LogP contribution in [0, 0.1) is 18.3 Å². The molecule has 0 radical (unpaired) electrons. The maximum Gasteiger partial charge on any atom is 0.267 e. The van der Waals surface area contributed by atoms with Crippen LogP contribution in [0.3, 0.4) is 0 Å². The Morgan fingerprint density at radius 2 is 2.04 bits per heavy atom. The first-order chi connectivity index (χ1) is 11.5. The number of nitrogens with one attached hydrogen (secondary N) is 2. The van der Waals surface area contributed by atoms with Crippen molar-refractivity contribution in [2.75, 3.05) is 17.7 Å². The van der Waals surface area contributed by atoms with E-state index >= 15 is 0 Å². The molecule has 0 aromatic heterocycles. The Kier molecular flexibility index (Phi) is 5.83. The molecule has 0 aliphatic heterocycles. The highest BCUT2D eigenvalue weighted by Gasteiger charge is 2.10. The van der Waals surface area contributed by atoms with Crippen LogP contribution in [-0.2, 0) is 4.79 Å². The molecule has 122 valence electrons. The van der Waals surface area contributed by atoms with E-state index < -0.39 is 5.91 Å². The first-order valence-corrected chi connectivity index (χ1v) is 7.50. The highest BCUT2D eigenvalue weighted by Crippen LogP contribution is 2.27. The molecule has 2 rings (SSSR count). The SMILES string of the molecule is COc1ccc(N/C=C(/C#N)C(=O)Nc2ccccc2C)cc1Cl. The van der Waals surface area contributed by atoms with Gasteiger partial charge in [-0.3, -0.25) is 4.79 Å². The van der Waals surface area contributed by atoms with Crippen molar-refractivity contribution in [3.05, 3.63) is 64.8 Å². The Balaban J connectivity index is 2.11. The number of nitrogens with zero attached hydrogens (tertiary/aromatic N) is 1. The van der Waals surface area contributed by atoms with Gasteiger partial charge in [0.1, 0.15) is 17.4 Å². The predicted molar refractivity (Wildman–Crippen MR) is 95.1 cm³/mol. The smallest absolute Gasteiger partial charge is 0.267 e. The first-order valence-electron chi connectivity index (χ1n) is 7.12.